The second-order valence-corrected chi connectivity index (χ2v) is 5.97. The number of nitrogens with zero attached hydrogens (tertiary/aromatic N) is 1. The molecule has 25 heavy (non-hydrogen) atoms. The Kier molecular flexibility index (Phi) is 5.28. The number of aromatic nitrogens is 1. The van der Waals surface area contributed by atoms with Crippen LogP contribution in [0.4, 0.5) is 17.2 Å². The Morgan fingerprint density at radius 2 is 1.84 bits per heavy atom. The molecule has 1 aliphatic rings. The number of nitrogens with one attached hydrogen (secondary N) is 2. The zero-order chi connectivity index (χ0) is 17.6. The van der Waals surface area contributed by atoms with Gasteiger partial charge in [0, 0.05) is 11.6 Å². The van der Waals surface area contributed by atoms with Crippen molar-refractivity contribution >= 4 is 29.1 Å². The van der Waals surface area contributed by atoms with Crippen LogP contribution in [0.2, 0.25) is 0 Å². The zero-order valence-electron chi connectivity index (χ0n) is 14.1. The van der Waals surface area contributed by atoms with Gasteiger partial charge in [-0.25, -0.2) is 9.78 Å². The van der Waals surface area contributed by atoms with Gasteiger partial charge in [0.15, 0.2) is 0 Å². The van der Waals surface area contributed by atoms with Gasteiger partial charge in [0.05, 0.1) is 24.1 Å². The minimum absolute atomic E-state index is 0.0500. The molecule has 0 atom stereocenters. The van der Waals surface area contributed by atoms with Crippen molar-refractivity contribution in [3.8, 4) is 0 Å². The molecule has 0 bridgehead atoms. The summed E-state index contributed by atoms with van der Waals surface area (Å²) < 4.78 is 4.96. The van der Waals surface area contributed by atoms with Crippen LogP contribution >= 0.6 is 0 Å². The number of pyridine rings is 1. The van der Waals surface area contributed by atoms with E-state index in [2.05, 4.69) is 15.6 Å². The first kappa shape index (κ1) is 17.0. The summed E-state index contributed by atoms with van der Waals surface area (Å²) >= 11 is 0. The van der Waals surface area contributed by atoms with Gasteiger partial charge in [0.1, 0.15) is 5.82 Å². The number of anilines is 3. The van der Waals surface area contributed by atoms with Gasteiger partial charge in [0.25, 0.3) is 0 Å². The summed E-state index contributed by atoms with van der Waals surface area (Å²) in [5, 5.41) is 6.04. The number of benzene rings is 1. The summed E-state index contributed by atoms with van der Waals surface area (Å²) in [6, 6.07) is 10.6. The van der Waals surface area contributed by atoms with E-state index in [-0.39, 0.29) is 17.8 Å². The number of esters is 1. The number of hydrogen-bond acceptors (Lipinski definition) is 5. The Hall–Kier alpha value is -2.89. The summed E-state index contributed by atoms with van der Waals surface area (Å²) in [7, 11) is 0. The molecule has 3 rings (SSSR count). The van der Waals surface area contributed by atoms with Gasteiger partial charge >= 0.3 is 5.97 Å². The molecule has 1 aliphatic carbocycles. The van der Waals surface area contributed by atoms with Gasteiger partial charge in [-0.2, -0.15) is 0 Å². The fourth-order valence-electron chi connectivity index (χ4n) is 2.51. The first-order chi connectivity index (χ1) is 12.2. The third-order valence-electron chi connectivity index (χ3n) is 4.18. The van der Waals surface area contributed by atoms with Crippen molar-refractivity contribution in [3.05, 3.63) is 48.2 Å². The van der Waals surface area contributed by atoms with Gasteiger partial charge in [-0.15, -0.1) is 0 Å². The summed E-state index contributed by atoms with van der Waals surface area (Å²) in [5.74, 6) is 0.411. The average molecular weight is 339 g/mol. The lowest BCUT2D eigenvalue weighted by molar-refractivity contribution is -0.122. The molecular formula is C19H21N3O3. The molecule has 0 saturated heterocycles. The first-order valence-corrected chi connectivity index (χ1v) is 8.47. The normalized spacial score (nSPS) is 13.6. The molecule has 1 amide bonds. The van der Waals surface area contributed by atoms with E-state index in [0.29, 0.717) is 18.0 Å². The molecule has 1 heterocycles. The van der Waals surface area contributed by atoms with E-state index >= 15 is 0 Å². The van der Waals surface area contributed by atoms with Gasteiger partial charge in [0.2, 0.25) is 5.91 Å². The van der Waals surface area contributed by atoms with Gasteiger partial charge in [-0.05, 0) is 56.2 Å². The van der Waals surface area contributed by atoms with Crippen LogP contribution in [0.1, 0.15) is 36.5 Å². The number of hydrogen-bond donors (Lipinski definition) is 2. The van der Waals surface area contributed by atoms with Crippen LogP contribution in [0.5, 0.6) is 0 Å². The molecule has 1 saturated carbocycles. The van der Waals surface area contributed by atoms with Crippen LogP contribution in [-0.2, 0) is 9.53 Å². The maximum atomic E-state index is 11.9. The molecule has 6 heteroatoms. The molecule has 2 N–H and O–H groups in total. The largest absolute Gasteiger partial charge is 0.462 e. The van der Waals surface area contributed by atoms with Crippen molar-refractivity contribution in [2.45, 2.75) is 26.2 Å². The topological polar surface area (TPSA) is 80.3 Å². The highest BCUT2D eigenvalue weighted by Crippen LogP contribution is 2.27. The van der Waals surface area contributed by atoms with E-state index < -0.39 is 0 Å². The van der Waals surface area contributed by atoms with Crippen molar-refractivity contribution in [1.29, 1.82) is 0 Å². The molecule has 0 spiro atoms. The van der Waals surface area contributed by atoms with E-state index in [1.807, 2.05) is 6.07 Å². The van der Waals surface area contributed by atoms with Crippen molar-refractivity contribution in [1.82, 2.24) is 4.98 Å². The predicted molar refractivity (Wildman–Crippen MR) is 95.9 cm³/mol. The summed E-state index contributed by atoms with van der Waals surface area (Å²) in [6.45, 7) is 2.13. The fourth-order valence-corrected chi connectivity index (χ4v) is 2.51. The van der Waals surface area contributed by atoms with Crippen molar-refractivity contribution in [2.24, 2.45) is 5.92 Å². The Morgan fingerprint density at radius 1 is 1.12 bits per heavy atom. The Labute approximate surface area is 146 Å². The first-order valence-electron chi connectivity index (χ1n) is 8.47. The standard InChI is InChI=1S/C19H21N3O3/c1-2-25-19(24)14-6-8-15(9-7-14)21-16-10-11-17(20-12-16)22-18(23)13-4-3-5-13/h6-13,21H,2-5H2,1H3,(H,20,22,23). The fraction of sp³-hybridized carbons (Fsp3) is 0.316. The van der Waals surface area contributed by atoms with Crippen molar-refractivity contribution < 1.29 is 14.3 Å². The quantitative estimate of drug-likeness (QED) is 0.784. The molecule has 6 nitrogen and oxygen atoms in total. The minimum atomic E-state index is -0.331. The van der Waals surface area contributed by atoms with E-state index in [4.69, 9.17) is 4.74 Å². The Morgan fingerprint density at radius 3 is 2.40 bits per heavy atom. The van der Waals surface area contributed by atoms with Crippen LogP contribution < -0.4 is 10.6 Å². The van der Waals surface area contributed by atoms with Crippen molar-refractivity contribution in [3.63, 3.8) is 0 Å². The summed E-state index contributed by atoms with van der Waals surface area (Å²) in [4.78, 5) is 27.8. The lowest BCUT2D eigenvalue weighted by Gasteiger charge is -2.23. The second kappa shape index (κ2) is 7.79. The van der Waals surface area contributed by atoms with E-state index in [9.17, 15) is 9.59 Å². The molecule has 0 radical (unpaired) electrons. The number of amides is 1. The third kappa shape index (κ3) is 4.35. The highest BCUT2D eigenvalue weighted by molar-refractivity contribution is 5.92. The summed E-state index contributed by atoms with van der Waals surface area (Å²) in [6.07, 6.45) is 4.72. The third-order valence-corrected chi connectivity index (χ3v) is 4.18. The minimum Gasteiger partial charge on any atom is -0.462 e. The highest BCUT2D eigenvalue weighted by Gasteiger charge is 2.25. The second-order valence-electron chi connectivity index (χ2n) is 5.97. The molecule has 2 aromatic rings. The zero-order valence-corrected chi connectivity index (χ0v) is 14.1. The molecule has 1 aromatic carbocycles. The van der Waals surface area contributed by atoms with Crippen LogP contribution in [0.15, 0.2) is 42.6 Å². The monoisotopic (exact) mass is 339 g/mol. The number of carbonyl (C=O) groups excluding carboxylic acids is 2. The Balaban J connectivity index is 1.57. The number of rotatable bonds is 6. The molecular weight excluding hydrogens is 318 g/mol. The van der Waals surface area contributed by atoms with Crippen molar-refractivity contribution in [2.75, 3.05) is 17.2 Å². The van der Waals surface area contributed by atoms with Gasteiger partial charge in [-0.1, -0.05) is 6.42 Å². The lowest BCUT2D eigenvalue weighted by atomic mass is 9.85. The molecule has 1 fully saturated rings. The molecule has 130 valence electrons. The predicted octanol–water partition coefficient (Wildman–Crippen LogP) is 3.74. The van der Waals surface area contributed by atoms with Crippen LogP contribution in [-0.4, -0.2) is 23.5 Å². The lowest BCUT2D eigenvalue weighted by Crippen LogP contribution is -2.28. The maximum absolute atomic E-state index is 11.9. The number of ether oxygens (including phenoxy) is 1. The number of carbonyl (C=O) groups is 2. The molecule has 0 unspecified atom stereocenters. The van der Waals surface area contributed by atoms with Gasteiger partial charge in [-0.3, -0.25) is 4.79 Å². The smallest absolute Gasteiger partial charge is 0.338 e. The molecule has 1 aromatic heterocycles. The van der Waals surface area contributed by atoms with Crippen LogP contribution in [0.3, 0.4) is 0 Å². The van der Waals surface area contributed by atoms with Crippen LogP contribution in [0.25, 0.3) is 0 Å². The van der Waals surface area contributed by atoms with Crippen LogP contribution in [0, 0.1) is 5.92 Å². The van der Waals surface area contributed by atoms with E-state index in [1.165, 1.54) is 0 Å². The summed E-state index contributed by atoms with van der Waals surface area (Å²) in [5.41, 5.74) is 2.14. The van der Waals surface area contributed by atoms with Gasteiger partial charge < -0.3 is 15.4 Å². The van der Waals surface area contributed by atoms with E-state index in [1.54, 1.807) is 43.5 Å². The highest BCUT2D eigenvalue weighted by atomic mass is 16.5. The molecule has 0 aliphatic heterocycles. The van der Waals surface area contributed by atoms with E-state index in [0.717, 1.165) is 30.6 Å². The maximum Gasteiger partial charge on any atom is 0.338 e. The average Bonchev–Trinajstić information content (AvgIpc) is 2.56. The Bertz CT molecular complexity index is 738. The SMILES string of the molecule is CCOC(=O)c1ccc(Nc2ccc(NC(=O)C3CCC3)nc2)cc1.